The molecular formula is C31H43Cl2F3N4O5. The van der Waals surface area contributed by atoms with E-state index in [-0.39, 0.29) is 23.6 Å². The summed E-state index contributed by atoms with van der Waals surface area (Å²) in [5.41, 5.74) is 0.00351. The number of nitrogens with zero attached hydrogens (tertiary/aromatic N) is 4. The molecule has 0 radical (unpaired) electrons. The molecule has 45 heavy (non-hydrogen) atoms. The number of alkyl halides is 3. The van der Waals surface area contributed by atoms with Crippen LogP contribution in [0.4, 0.5) is 18.0 Å². The molecule has 9 nitrogen and oxygen atoms in total. The molecule has 1 aromatic heterocycles. The number of likely N-dealkylation sites (tertiary alicyclic amines) is 2. The van der Waals surface area contributed by atoms with Gasteiger partial charge in [-0.3, -0.25) is 14.7 Å². The molecule has 3 saturated heterocycles. The summed E-state index contributed by atoms with van der Waals surface area (Å²) in [6.45, 7) is 6.34. The minimum absolute atomic E-state index is 0.0784. The average molecular weight is 680 g/mol. The molecule has 1 spiro atoms. The minimum Gasteiger partial charge on any atom is -0.475 e. The lowest BCUT2D eigenvalue weighted by Crippen LogP contribution is -2.56. The number of amides is 2. The molecule has 0 aromatic carbocycles. The number of carbonyl (C=O) groups is 3. The van der Waals surface area contributed by atoms with E-state index < -0.39 is 12.1 Å². The number of unbranched alkanes of at least 4 members (excludes halogenated alkanes) is 1. The number of carbonyl (C=O) groups excluding carboxylic acids is 2. The average Bonchev–Trinajstić information content (AvgIpc) is 3.25. The van der Waals surface area contributed by atoms with E-state index >= 15 is 0 Å². The van der Waals surface area contributed by atoms with Crippen molar-refractivity contribution in [1.82, 2.24) is 19.7 Å². The molecule has 1 N–H and O–H groups in total. The highest BCUT2D eigenvalue weighted by molar-refractivity contribution is 6.39. The van der Waals surface area contributed by atoms with Crippen molar-refractivity contribution in [3.8, 4) is 0 Å². The molecule has 1 atom stereocenters. The van der Waals surface area contributed by atoms with Crippen LogP contribution in [0.25, 0.3) is 0 Å². The molecule has 1 aromatic rings. The molecule has 5 rings (SSSR count). The number of hydrogen-bond acceptors (Lipinski definition) is 6. The van der Waals surface area contributed by atoms with Crippen LogP contribution >= 0.6 is 23.2 Å². The number of ether oxygens (including phenoxy) is 1. The number of halogens is 5. The molecule has 1 unspecified atom stereocenters. The predicted molar refractivity (Wildman–Crippen MR) is 163 cm³/mol. The first-order chi connectivity index (χ1) is 21.4. The van der Waals surface area contributed by atoms with Gasteiger partial charge in [-0.25, -0.2) is 9.59 Å². The second-order valence-electron chi connectivity index (χ2n) is 12.6. The summed E-state index contributed by atoms with van der Waals surface area (Å²) in [5.74, 6) is -2.25. The zero-order valence-corrected chi connectivity index (χ0v) is 27.2. The highest BCUT2D eigenvalue weighted by atomic mass is 35.5. The van der Waals surface area contributed by atoms with Gasteiger partial charge < -0.3 is 19.6 Å². The van der Waals surface area contributed by atoms with Gasteiger partial charge in [0, 0.05) is 64.0 Å². The largest absolute Gasteiger partial charge is 0.490 e. The zero-order valence-electron chi connectivity index (χ0n) is 25.7. The number of aliphatic carboxylic acids is 1. The topological polar surface area (TPSA) is 103 Å². The Bertz CT molecular complexity index is 1160. The first kappa shape index (κ1) is 35.5. The van der Waals surface area contributed by atoms with Crippen molar-refractivity contribution >= 4 is 41.2 Å². The first-order valence-corrected chi connectivity index (χ1v) is 16.7. The van der Waals surface area contributed by atoms with Gasteiger partial charge in [0.15, 0.2) is 0 Å². The van der Waals surface area contributed by atoms with E-state index in [2.05, 4.69) is 21.7 Å². The molecular weight excluding hydrogens is 636 g/mol. The number of piperidine rings is 2. The fourth-order valence-corrected chi connectivity index (χ4v) is 7.81. The smallest absolute Gasteiger partial charge is 0.475 e. The van der Waals surface area contributed by atoms with Crippen LogP contribution in [0, 0.1) is 5.92 Å². The van der Waals surface area contributed by atoms with E-state index in [9.17, 15) is 22.8 Å². The molecule has 1 aliphatic carbocycles. The van der Waals surface area contributed by atoms with Crippen LogP contribution in [0.2, 0.25) is 10.0 Å². The van der Waals surface area contributed by atoms with E-state index in [0.717, 1.165) is 64.6 Å². The van der Waals surface area contributed by atoms with E-state index in [1.165, 1.54) is 44.5 Å². The van der Waals surface area contributed by atoms with Crippen molar-refractivity contribution in [2.75, 3.05) is 32.7 Å². The van der Waals surface area contributed by atoms with Crippen LogP contribution in [-0.4, -0.2) is 99.3 Å². The zero-order chi connectivity index (χ0) is 32.8. The number of aromatic nitrogens is 1. The van der Waals surface area contributed by atoms with Crippen molar-refractivity contribution in [3.05, 3.63) is 28.0 Å². The molecule has 3 aliphatic heterocycles. The van der Waals surface area contributed by atoms with Crippen molar-refractivity contribution in [2.45, 2.75) is 108 Å². The van der Waals surface area contributed by atoms with E-state index in [0.29, 0.717) is 40.7 Å². The van der Waals surface area contributed by atoms with Crippen LogP contribution < -0.4 is 0 Å². The maximum atomic E-state index is 13.2. The highest BCUT2D eigenvalue weighted by Gasteiger charge is 2.55. The summed E-state index contributed by atoms with van der Waals surface area (Å²) < 4.78 is 38.0. The number of carboxylic acids is 1. The SMILES string of the molecule is CCCCC1N(CC2CCCCC2)C(=O)OC12CCN(C1CCN(C(=O)c3c(Cl)cncc3Cl)CC1)CC2.O=C(O)C(F)(F)F. The monoisotopic (exact) mass is 678 g/mol. The third-order valence-corrected chi connectivity index (χ3v) is 10.3. The molecule has 2 amide bonds. The molecule has 4 heterocycles. The van der Waals surface area contributed by atoms with Crippen LogP contribution in [0.15, 0.2) is 12.4 Å². The lowest BCUT2D eigenvalue weighted by Gasteiger charge is -2.46. The molecule has 4 aliphatic rings. The van der Waals surface area contributed by atoms with Crippen LogP contribution in [0.3, 0.4) is 0 Å². The van der Waals surface area contributed by atoms with Gasteiger partial charge in [0.25, 0.3) is 5.91 Å². The molecule has 252 valence electrons. The fourth-order valence-electron chi connectivity index (χ4n) is 7.29. The summed E-state index contributed by atoms with van der Waals surface area (Å²) in [4.78, 5) is 45.7. The van der Waals surface area contributed by atoms with Gasteiger partial charge in [-0.2, -0.15) is 13.2 Å². The van der Waals surface area contributed by atoms with Gasteiger partial charge in [-0.05, 0) is 38.0 Å². The summed E-state index contributed by atoms with van der Waals surface area (Å²) in [7, 11) is 0. The lowest BCUT2D eigenvalue weighted by atomic mass is 9.80. The number of pyridine rings is 1. The standard InChI is InChI=1S/C29H42Cl2N4O3.C2HF3O2/c1-2-3-9-25-29(38-28(37)35(25)20-21-7-5-4-6-8-21)12-16-33(17-13-29)22-10-14-34(15-11-22)27(36)26-23(30)18-32-19-24(26)31;3-2(4,5)1(6)7/h18-19,21-22,25H,2-17,20H2,1H3;(H,6,7). The minimum atomic E-state index is -5.08. The molecule has 4 fully saturated rings. The Labute approximate surface area is 272 Å². The van der Waals surface area contributed by atoms with Crippen molar-refractivity contribution in [3.63, 3.8) is 0 Å². The molecule has 0 bridgehead atoms. The second-order valence-corrected chi connectivity index (χ2v) is 13.4. The summed E-state index contributed by atoms with van der Waals surface area (Å²) >= 11 is 12.5. The molecule has 14 heteroatoms. The van der Waals surface area contributed by atoms with Crippen LogP contribution in [0.5, 0.6) is 0 Å². The Morgan fingerprint density at radius 3 is 2.13 bits per heavy atom. The van der Waals surface area contributed by atoms with Crippen molar-refractivity contribution in [2.24, 2.45) is 5.92 Å². The normalized spacial score (nSPS) is 23.1. The maximum absolute atomic E-state index is 13.2. The summed E-state index contributed by atoms with van der Waals surface area (Å²) in [5, 5.41) is 7.72. The van der Waals surface area contributed by atoms with Crippen molar-refractivity contribution in [1.29, 1.82) is 0 Å². The number of hydrogen-bond donors (Lipinski definition) is 1. The second kappa shape index (κ2) is 15.5. The van der Waals surface area contributed by atoms with E-state index in [4.69, 9.17) is 37.8 Å². The van der Waals surface area contributed by atoms with E-state index in [1.807, 2.05) is 4.90 Å². The van der Waals surface area contributed by atoms with Crippen molar-refractivity contribution < 1.29 is 37.4 Å². The lowest BCUT2D eigenvalue weighted by molar-refractivity contribution is -0.192. The Morgan fingerprint density at radius 2 is 1.60 bits per heavy atom. The van der Waals surface area contributed by atoms with Gasteiger partial charge in [0.2, 0.25) is 0 Å². The van der Waals surface area contributed by atoms with Gasteiger partial charge in [-0.1, -0.05) is 62.2 Å². The molecule has 1 saturated carbocycles. The van der Waals surface area contributed by atoms with Gasteiger partial charge in [0.1, 0.15) is 5.60 Å². The van der Waals surface area contributed by atoms with Crippen LogP contribution in [-0.2, 0) is 9.53 Å². The Morgan fingerprint density at radius 1 is 1.02 bits per heavy atom. The number of rotatable bonds is 7. The Hall–Kier alpha value is -2.31. The Balaban J connectivity index is 0.000000591. The van der Waals surface area contributed by atoms with Crippen LogP contribution in [0.1, 0.15) is 94.3 Å². The van der Waals surface area contributed by atoms with E-state index in [1.54, 1.807) is 0 Å². The quantitative estimate of drug-likeness (QED) is 0.330. The maximum Gasteiger partial charge on any atom is 0.490 e. The third kappa shape index (κ3) is 8.74. The van der Waals surface area contributed by atoms with Gasteiger partial charge in [0.05, 0.1) is 21.7 Å². The summed E-state index contributed by atoms with van der Waals surface area (Å²) in [6.07, 6.45) is 11.1. The third-order valence-electron chi connectivity index (χ3n) is 9.74. The first-order valence-electron chi connectivity index (χ1n) is 16.0. The fraction of sp³-hybridized carbons (Fsp3) is 0.742. The summed E-state index contributed by atoms with van der Waals surface area (Å²) in [6, 6.07) is 0.637. The predicted octanol–water partition coefficient (Wildman–Crippen LogP) is 7.05. The highest BCUT2D eigenvalue weighted by Crippen LogP contribution is 2.43. The van der Waals surface area contributed by atoms with Gasteiger partial charge in [-0.15, -0.1) is 0 Å². The Kier molecular flexibility index (Phi) is 12.3. The van der Waals surface area contributed by atoms with Gasteiger partial charge >= 0.3 is 18.2 Å². The number of carboxylic acid groups (broad SMARTS) is 1.